The first-order chi connectivity index (χ1) is 9.15. The van der Waals surface area contributed by atoms with Gasteiger partial charge < -0.3 is 9.84 Å². The van der Waals surface area contributed by atoms with Crippen LogP contribution < -0.4 is 0 Å². The minimum atomic E-state index is -0.368. The predicted molar refractivity (Wildman–Crippen MR) is 73.3 cm³/mol. The van der Waals surface area contributed by atoms with Crippen LogP contribution in [0.15, 0.2) is 48.5 Å². The second-order valence-electron chi connectivity index (χ2n) is 4.42. The molecule has 0 aliphatic rings. The second kappa shape index (κ2) is 6.05. The summed E-state index contributed by atoms with van der Waals surface area (Å²) >= 11 is 0. The van der Waals surface area contributed by atoms with E-state index in [0.29, 0.717) is 18.6 Å². The Morgan fingerprint density at radius 1 is 1.16 bits per heavy atom. The molecule has 98 valence electrons. The molecule has 0 atom stereocenters. The summed E-state index contributed by atoms with van der Waals surface area (Å²) < 4.78 is 5.19. The lowest BCUT2D eigenvalue weighted by Gasteiger charge is -2.05. The third-order valence-corrected chi connectivity index (χ3v) is 2.81. The van der Waals surface area contributed by atoms with E-state index in [1.165, 1.54) is 17.7 Å². The zero-order valence-electron chi connectivity index (χ0n) is 10.8. The SMILES string of the molecule is Cc1cccc(CCOC(=O)c2ccc(O)cc2)c1. The van der Waals surface area contributed by atoms with Gasteiger partial charge in [0.25, 0.3) is 0 Å². The van der Waals surface area contributed by atoms with E-state index < -0.39 is 0 Å². The summed E-state index contributed by atoms with van der Waals surface area (Å²) in [4.78, 5) is 11.7. The summed E-state index contributed by atoms with van der Waals surface area (Å²) in [6.45, 7) is 2.38. The average Bonchev–Trinajstić information content (AvgIpc) is 2.39. The van der Waals surface area contributed by atoms with Gasteiger partial charge in [-0.25, -0.2) is 4.79 Å². The smallest absolute Gasteiger partial charge is 0.338 e. The Morgan fingerprint density at radius 2 is 1.89 bits per heavy atom. The molecule has 0 saturated carbocycles. The van der Waals surface area contributed by atoms with Crippen LogP contribution in [0.1, 0.15) is 21.5 Å². The van der Waals surface area contributed by atoms with E-state index in [-0.39, 0.29) is 11.7 Å². The van der Waals surface area contributed by atoms with Gasteiger partial charge in [0, 0.05) is 6.42 Å². The molecule has 0 unspecified atom stereocenters. The molecule has 3 nitrogen and oxygen atoms in total. The van der Waals surface area contributed by atoms with Crippen molar-refractivity contribution in [2.45, 2.75) is 13.3 Å². The molecule has 0 spiro atoms. The normalized spacial score (nSPS) is 10.2. The highest BCUT2D eigenvalue weighted by molar-refractivity contribution is 5.89. The third kappa shape index (κ3) is 3.85. The molecule has 0 fully saturated rings. The molecule has 0 radical (unpaired) electrons. The molecule has 0 aliphatic carbocycles. The molecule has 1 N–H and O–H groups in total. The van der Waals surface area contributed by atoms with Crippen molar-refractivity contribution in [3.63, 3.8) is 0 Å². The summed E-state index contributed by atoms with van der Waals surface area (Å²) in [5, 5.41) is 9.14. The van der Waals surface area contributed by atoms with Crippen LogP contribution in [-0.4, -0.2) is 17.7 Å². The number of esters is 1. The van der Waals surface area contributed by atoms with E-state index in [1.807, 2.05) is 25.1 Å². The van der Waals surface area contributed by atoms with Gasteiger partial charge in [0.2, 0.25) is 0 Å². The highest BCUT2D eigenvalue weighted by atomic mass is 16.5. The quantitative estimate of drug-likeness (QED) is 0.855. The van der Waals surface area contributed by atoms with E-state index in [2.05, 4.69) is 6.07 Å². The van der Waals surface area contributed by atoms with Gasteiger partial charge >= 0.3 is 5.97 Å². The van der Waals surface area contributed by atoms with Crippen LogP contribution in [0.2, 0.25) is 0 Å². The number of phenols is 1. The van der Waals surface area contributed by atoms with Crippen molar-refractivity contribution in [2.24, 2.45) is 0 Å². The Hall–Kier alpha value is -2.29. The summed E-state index contributed by atoms with van der Waals surface area (Å²) in [5.41, 5.74) is 2.79. The van der Waals surface area contributed by atoms with Crippen LogP contribution in [0.4, 0.5) is 0 Å². The van der Waals surface area contributed by atoms with E-state index in [4.69, 9.17) is 9.84 Å². The number of hydrogen-bond acceptors (Lipinski definition) is 3. The maximum atomic E-state index is 11.7. The fourth-order valence-electron chi connectivity index (χ4n) is 1.81. The molecular formula is C16H16O3. The van der Waals surface area contributed by atoms with Gasteiger partial charge in [-0.3, -0.25) is 0 Å². The summed E-state index contributed by atoms with van der Waals surface area (Å²) in [7, 11) is 0. The Kier molecular flexibility index (Phi) is 4.18. The molecule has 2 rings (SSSR count). The van der Waals surface area contributed by atoms with Crippen molar-refractivity contribution in [2.75, 3.05) is 6.61 Å². The van der Waals surface area contributed by atoms with Gasteiger partial charge in [0.15, 0.2) is 0 Å². The number of hydrogen-bond donors (Lipinski definition) is 1. The van der Waals surface area contributed by atoms with Gasteiger partial charge in [-0.15, -0.1) is 0 Å². The molecule has 0 aromatic heterocycles. The van der Waals surface area contributed by atoms with Crippen LogP contribution in [0.25, 0.3) is 0 Å². The number of rotatable bonds is 4. The van der Waals surface area contributed by atoms with E-state index >= 15 is 0 Å². The number of benzene rings is 2. The molecule has 0 amide bonds. The molecule has 2 aromatic rings. The molecule has 0 bridgehead atoms. The van der Waals surface area contributed by atoms with Gasteiger partial charge in [0.05, 0.1) is 12.2 Å². The minimum absolute atomic E-state index is 0.135. The number of aryl methyl sites for hydroxylation is 1. The first-order valence-electron chi connectivity index (χ1n) is 6.17. The van der Waals surface area contributed by atoms with Crippen molar-refractivity contribution >= 4 is 5.97 Å². The van der Waals surface area contributed by atoms with E-state index in [0.717, 1.165) is 5.56 Å². The monoisotopic (exact) mass is 256 g/mol. The fraction of sp³-hybridized carbons (Fsp3) is 0.188. The predicted octanol–water partition coefficient (Wildman–Crippen LogP) is 3.10. The molecule has 0 heterocycles. The summed E-state index contributed by atoms with van der Waals surface area (Å²) in [6.07, 6.45) is 0.700. The van der Waals surface area contributed by atoms with Crippen molar-refractivity contribution in [1.29, 1.82) is 0 Å². The molecule has 0 saturated heterocycles. The molecule has 19 heavy (non-hydrogen) atoms. The lowest BCUT2D eigenvalue weighted by atomic mass is 10.1. The molecular weight excluding hydrogens is 240 g/mol. The highest BCUT2D eigenvalue weighted by Gasteiger charge is 2.06. The van der Waals surface area contributed by atoms with E-state index in [1.54, 1.807) is 12.1 Å². The second-order valence-corrected chi connectivity index (χ2v) is 4.42. The van der Waals surface area contributed by atoms with Crippen LogP contribution in [0.3, 0.4) is 0 Å². The number of aromatic hydroxyl groups is 1. The molecule has 3 heteroatoms. The fourth-order valence-corrected chi connectivity index (χ4v) is 1.81. The Bertz CT molecular complexity index is 558. The Morgan fingerprint density at radius 3 is 2.58 bits per heavy atom. The maximum Gasteiger partial charge on any atom is 0.338 e. The minimum Gasteiger partial charge on any atom is -0.508 e. The lowest BCUT2D eigenvalue weighted by Crippen LogP contribution is -2.08. The zero-order chi connectivity index (χ0) is 13.7. The van der Waals surface area contributed by atoms with Gasteiger partial charge in [-0.1, -0.05) is 29.8 Å². The van der Waals surface area contributed by atoms with Crippen molar-refractivity contribution in [3.8, 4) is 5.75 Å². The van der Waals surface area contributed by atoms with E-state index in [9.17, 15) is 4.79 Å². The van der Waals surface area contributed by atoms with Crippen LogP contribution in [0, 0.1) is 6.92 Å². The summed E-state index contributed by atoms with van der Waals surface area (Å²) in [6, 6.07) is 14.1. The first kappa shape index (κ1) is 13.1. The number of carbonyl (C=O) groups is 1. The van der Waals surface area contributed by atoms with Gasteiger partial charge in [-0.2, -0.15) is 0 Å². The van der Waals surface area contributed by atoms with Gasteiger partial charge in [-0.05, 0) is 36.8 Å². The maximum absolute atomic E-state index is 11.7. The average molecular weight is 256 g/mol. The molecule has 2 aromatic carbocycles. The lowest BCUT2D eigenvalue weighted by molar-refractivity contribution is 0.0509. The first-order valence-corrected chi connectivity index (χ1v) is 6.17. The van der Waals surface area contributed by atoms with Crippen LogP contribution in [-0.2, 0) is 11.2 Å². The Labute approximate surface area is 112 Å². The van der Waals surface area contributed by atoms with Crippen LogP contribution >= 0.6 is 0 Å². The standard InChI is InChI=1S/C16H16O3/c1-12-3-2-4-13(11-12)9-10-19-16(18)14-5-7-15(17)8-6-14/h2-8,11,17H,9-10H2,1H3. The highest BCUT2D eigenvalue weighted by Crippen LogP contribution is 2.11. The topological polar surface area (TPSA) is 46.5 Å². The summed E-state index contributed by atoms with van der Waals surface area (Å²) in [5.74, 6) is -0.232. The number of phenolic OH excluding ortho intramolecular Hbond substituents is 1. The number of ether oxygens (including phenoxy) is 1. The van der Waals surface area contributed by atoms with Gasteiger partial charge in [0.1, 0.15) is 5.75 Å². The van der Waals surface area contributed by atoms with Crippen molar-refractivity contribution in [3.05, 3.63) is 65.2 Å². The van der Waals surface area contributed by atoms with Crippen LogP contribution in [0.5, 0.6) is 5.75 Å². The number of carbonyl (C=O) groups excluding carboxylic acids is 1. The Balaban J connectivity index is 1.86. The molecule has 0 aliphatic heterocycles. The third-order valence-electron chi connectivity index (χ3n) is 2.81. The van der Waals surface area contributed by atoms with Crippen molar-refractivity contribution in [1.82, 2.24) is 0 Å². The zero-order valence-corrected chi connectivity index (χ0v) is 10.8. The largest absolute Gasteiger partial charge is 0.508 e. The van der Waals surface area contributed by atoms with Crippen molar-refractivity contribution < 1.29 is 14.6 Å².